The largest absolute Gasteiger partial charge is 0.389 e. The number of carbonyl (C=O) groups is 2. The van der Waals surface area contributed by atoms with Gasteiger partial charge in [-0.15, -0.1) is 0 Å². The Morgan fingerprint density at radius 1 is 0.941 bits per heavy atom. The lowest BCUT2D eigenvalue weighted by Gasteiger charge is -1.97. The fourth-order valence-corrected chi connectivity index (χ4v) is 1.92. The molecule has 0 aromatic rings. The van der Waals surface area contributed by atoms with E-state index in [2.05, 4.69) is 0 Å². The van der Waals surface area contributed by atoms with Crippen LogP contribution in [0.2, 0.25) is 0 Å². The summed E-state index contributed by atoms with van der Waals surface area (Å²) in [6.45, 7) is 4.03. The van der Waals surface area contributed by atoms with Gasteiger partial charge in [-0.2, -0.15) is 0 Å². The molecule has 2 saturated heterocycles. The van der Waals surface area contributed by atoms with Gasteiger partial charge in [0.1, 0.15) is 0 Å². The van der Waals surface area contributed by atoms with E-state index in [9.17, 15) is 9.59 Å². The van der Waals surface area contributed by atoms with Crippen LogP contribution in [0.5, 0.6) is 0 Å². The van der Waals surface area contributed by atoms with Crippen LogP contribution in [0, 0.1) is 0 Å². The Morgan fingerprint density at radius 2 is 1.35 bits per heavy atom. The molecule has 4 unspecified atom stereocenters. The predicted octanol–water partition coefficient (Wildman–Crippen LogP) is 1.19. The highest BCUT2D eigenvalue weighted by atomic mass is 16.7. The highest BCUT2D eigenvalue weighted by molar-refractivity contribution is 5.92. The van der Waals surface area contributed by atoms with Gasteiger partial charge in [-0.3, -0.25) is 0 Å². The minimum Gasteiger partial charge on any atom is -0.389 e. The number of epoxide rings is 2. The van der Waals surface area contributed by atoms with Crippen molar-refractivity contribution in [3.05, 3.63) is 0 Å². The molecule has 5 heteroatoms. The molecule has 96 valence electrons. The summed E-state index contributed by atoms with van der Waals surface area (Å²) in [6.07, 6.45) is 2.35. The van der Waals surface area contributed by atoms with E-state index >= 15 is 0 Å². The maximum absolute atomic E-state index is 11.5. The van der Waals surface area contributed by atoms with Crippen molar-refractivity contribution in [2.45, 2.75) is 63.9 Å². The van der Waals surface area contributed by atoms with E-state index in [-0.39, 0.29) is 12.2 Å². The van der Waals surface area contributed by atoms with Gasteiger partial charge in [0.25, 0.3) is 0 Å². The molecule has 0 saturated carbocycles. The molecule has 17 heavy (non-hydrogen) atoms. The number of hydrogen-bond donors (Lipinski definition) is 0. The molecule has 0 bridgehead atoms. The maximum atomic E-state index is 11.5. The van der Waals surface area contributed by atoms with Crippen molar-refractivity contribution >= 4 is 11.9 Å². The molecule has 0 aromatic heterocycles. The molecule has 5 nitrogen and oxygen atoms in total. The number of ether oxygens (including phenoxy) is 3. The zero-order valence-electron chi connectivity index (χ0n) is 10.2. The van der Waals surface area contributed by atoms with Gasteiger partial charge in [-0.25, -0.2) is 9.59 Å². The van der Waals surface area contributed by atoms with Crippen LogP contribution in [-0.4, -0.2) is 36.4 Å². The average Bonchev–Trinajstić information content (AvgIpc) is 3.13. The Kier molecular flexibility index (Phi) is 3.79. The molecular weight excluding hydrogens is 224 g/mol. The van der Waals surface area contributed by atoms with Crippen LogP contribution in [0.25, 0.3) is 0 Å². The van der Waals surface area contributed by atoms with Crippen molar-refractivity contribution in [1.29, 1.82) is 0 Å². The van der Waals surface area contributed by atoms with Crippen LogP contribution >= 0.6 is 0 Å². The first kappa shape index (κ1) is 12.5. The van der Waals surface area contributed by atoms with Crippen molar-refractivity contribution in [1.82, 2.24) is 0 Å². The molecule has 2 fully saturated rings. The van der Waals surface area contributed by atoms with Crippen LogP contribution in [0.3, 0.4) is 0 Å². The van der Waals surface area contributed by atoms with E-state index in [0.717, 1.165) is 25.7 Å². The van der Waals surface area contributed by atoms with Gasteiger partial charge < -0.3 is 14.2 Å². The molecule has 2 heterocycles. The third kappa shape index (κ3) is 3.04. The normalized spacial score (nSPS) is 34.2. The first-order valence-corrected chi connectivity index (χ1v) is 6.23. The summed E-state index contributed by atoms with van der Waals surface area (Å²) in [5, 5.41) is 0. The minimum atomic E-state index is -0.570. The fourth-order valence-electron chi connectivity index (χ4n) is 1.92. The van der Waals surface area contributed by atoms with E-state index in [1.54, 1.807) is 0 Å². The lowest BCUT2D eigenvalue weighted by molar-refractivity contribution is -0.161. The summed E-state index contributed by atoms with van der Waals surface area (Å²) < 4.78 is 15.0. The first-order chi connectivity index (χ1) is 8.17. The Hall–Kier alpha value is -0.940. The van der Waals surface area contributed by atoms with Gasteiger partial charge in [0.2, 0.25) is 0 Å². The van der Waals surface area contributed by atoms with Gasteiger partial charge in [0.15, 0.2) is 12.2 Å². The highest BCUT2D eigenvalue weighted by Crippen LogP contribution is 2.30. The lowest BCUT2D eigenvalue weighted by atomic mass is 10.2. The number of esters is 2. The molecule has 0 radical (unpaired) electrons. The highest BCUT2D eigenvalue weighted by Gasteiger charge is 2.50. The zero-order valence-corrected chi connectivity index (χ0v) is 10.2. The van der Waals surface area contributed by atoms with E-state index < -0.39 is 24.1 Å². The quantitative estimate of drug-likeness (QED) is 0.397. The Balaban J connectivity index is 1.68. The molecule has 4 atom stereocenters. The summed E-state index contributed by atoms with van der Waals surface area (Å²) in [5.74, 6) is -1.14. The van der Waals surface area contributed by atoms with E-state index in [4.69, 9.17) is 14.2 Å². The maximum Gasteiger partial charge on any atom is 0.345 e. The standard InChI is InChI=1S/C12H18O5/c1-3-5-7-9(15-7)11(13)17-12(14)10-8(16-10)6-4-2/h7-10H,3-6H2,1-2H3. The smallest absolute Gasteiger partial charge is 0.345 e. The van der Waals surface area contributed by atoms with Gasteiger partial charge in [0, 0.05) is 0 Å². The van der Waals surface area contributed by atoms with Crippen LogP contribution in [0.1, 0.15) is 39.5 Å². The van der Waals surface area contributed by atoms with Gasteiger partial charge in [-0.05, 0) is 12.8 Å². The predicted molar refractivity (Wildman–Crippen MR) is 58.2 cm³/mol. The molecule has 2 aliphatic heterocycles. The van der Waals surface area contributed by atoms with E-state index in [1.807, 2.05) is 13.8 Å². The molecule has 0 amide bonds. The van der Waals surface area contributed by atoms with Crippen molar-refractivity contribution in [3.63, 3.8) is 0 Å². The zero-order chi connectivity index (χ0) is 12.4. The second-order valence-electron chi connectivity index (χ2n) is 4.51. The summed E-state index contributed by atoms with van der Waals surface area (Å²) in [7, 11) is 0. The molecule has 2 aliphatic rings. The van der Waals surface area contributed by atoms with Gasteiger partial charge in [0.05, 0.1) is 12.2 Å². The molecule has 0 N–H and O–H groups in total. The van der Waals surface area contributed by atoms with Crippen LogP contribution in [-0.2, 0) is 23.8 Å². The third-order valence-corrected chi connectivity index (χ3v) is 2.98. The van der Waals surface area contributed by atoms with Crippen LogP contribution in [0.15, 0.2) is 0 Å². The van der Waals surface area contributed by atoms with Gasteiger partial charge in [-0.1, -0.05) is 26.7 Å². The van der Waals surface area contributed by atoms with Crippen molar-refractivity contribution in [2.75, 3.05) is 0 Å². The summed E-state index contributed by atoms with van der Waals surface area (Å²) >= 11 is 0. The van der Waals surface area contributed by atoms with Crippen molar-refractivity contribution in [2.24, 2.45) is 0 Å². The summed E-state index contributed by atoms with van der Waals surface area (Å²) in [5.41, 5.74) is 0. The van der Waals surface area contributed by atoms with Gasteiger partial charge >= 0.3 is 11.9 Å². The topological polar surface area (TPSA) is 68.4 Å². The first-order valence-electron chi connectivity index (χ1n) is 6.23. The Morgan fingerprint density at radius 3 is 1.71 bits per heavy atom. The fraction of sp³-hybridized carbons (Fsp3) is 0.833. The van der Waals surface area contributed by atoms with Crippen molar-refractivity contribution < 1.29 is 23.8 Å². The van der Waals surface area contributed by atoms with Crippen LogP contribution in [0.4, 0.5) is 0 Å². The second-order valence-corrected chi connectivity index (χ2v) is 4.51. The van der Waals surface area contributed by atoms with E-state index in [1.165, 1.54) is 0 Å². The van der Waals surface area contributed by atoms with Crippen molar-refractivity contribution in [3.8, 4) is 0 Å². The summed E-state index contributed by atoms with van der Waals surface area (Å²) in [4.78, 5) is 22.9. The molecular formula is C12H18O5. The monoisotopic (exact) mass is 242 g/mol. The SMILES string of the molecule is CCCC1OC1C(=O)OC(=O)C1OC1CCC. The Labute approximate surface area is 100 Å². The number of carbonyl (C=O) groups excluding carboxylic acids is 2. The van der Waals surface area contributed by atoms with Crippen LogP contribution < -0.4 is 0 Å². The third-order valence-electron chi connectivity index (χ3n) is 2.98. The molecule has 0 aliphatic carbocycles. The second kappa shape index (κ2) is 5.14. The average molecular weight is 242 g/mol. The summed E-state index contributed by atoms with van der Waals surface area (Å²) in [6, 6.07) is 0. The number of hydrogen-bond acceptors (Lipinski definition) is 5. The number of rotatable bonds is 6. The Bertz CT molecular complexity index is 284. The van der Waals surface area contributed by atoms with E-state index in [0.29, 0.717) is 0 Å². The molecule has 0 spiro atoms. The lowest BCUT2D eigenvalue weighted by Crippen LogP contribution is -2.23. The molecule has 2 rings (SSSR count). The molecule has 0 aromatic carbocycles. The minimum absolute atomic E-state index is 0.0631.